The van der Waals surface area contributed by atoms with Gasteiger partial charge in [-0.25, -0.2) is 0 Å². The molecule has 186 valence electrons. The van der Waals surface area contributed by atoms with Gasteiger partial charge in [-0.15, -0.1) is 0 Å². The fourth-order valence-corrected chi connectivity index (χ4v) is 4.56. The van der Waals surface area contributed by atoms with Crippen LogP contribution in [-0.2, 0) is 15.0 Å². The van der Waals surface area contributed by atoms with Crippen molar-refractivity contribution in [1.29, 1.82) is 0 Å². The van der Waals surface area contributed by atoms with Crippen molar-refractivity contribution in [2.75, 3.05) is 19.1 Å². The van der Waals surface area contributed by atoms with E-state index < -0.39 is 17.7 Å². The molecule has 0 radical (unpaired) electrons. The van der Waals surface area contributed by atoms with E-state index in [-0.39, 0.29) is 16.7 Å². The number of hydrogen-bond donors (Lipinski definition) is 1. The zero-order chi connectivity index (χ0) is 26.2. The van der Waals surface area contributed by atoms with Crippen LogP contribution in [0.15, 0.2) is 72.3 Å². The van der Waals surface area contributed by atoms with Crippen LogP contribution in [0.1, 0.15) is 43.5 Å². The number of ketones is 1. The molecule has 1 amide bonds. The Bertz CT molecular complexity index is 1350. The number of nitrogens with zero attached hydrogens (tertiary/aromatic N) is 1. The summed E-state index contributed by atoms with van der Waals surface area (Å²) in [5.41, 5.74) is 2.37. The minimum absolute atomic E-state index is 0.0474. The second-order valence-electron chi connectivity index (χ2n) is 9.56. The molecular formula is C29H28ClNO5. The highest BCUT2D eigenvalue weighted by Gasteiger charge is 2.48. The number of benzene rings is 3. The molecule has 1 saturated heterocycles. The molecule has 1 aliphatic rings. The van der Waals surface area contributed by atoms with Crippen LogP contribution in [0, 0.1) is 0 Å². The Kier molecular flexibility index (Phi) is 6.83. The van der Waals surface area contributed by atoms with E-state index in [9.17, 15) is 14.7 Å². The number of anilines is 1. The van der Waals surface area contributed by atoms with E-state index in [2.05, 4.69) is 20.8 Å². The van der Waals surface area contributed by atoms with E-state index in [4.69, 9.17) is 21.1 Å². The number of rotatable bonds is 5. The molecule has 6 nitrogen and oxygen atoms in total. The second-order valence-corrected chi connectivity index (χ2v) is 9.96. The molecule has 4 rings (SSSR count). The summed E-state index contributed by atoms with van der Waals surface area (Å²) in [5, 5.41) is 11.7. The van der Waals surface area contributed by atoms with Crippen LogP contribution in [0.3, 0.4) is 0 Å². The maximum Gasteiger partial charge on any atom is 0.300 e. The maximum atomic E-state index is 13.4. The van der Waals surface area contributed by atoms with Gasteiger partial charge in [-0.3, -0.25) is 14.5 Å². The molecule has 1 N–H and O–H groups in total. The van der Waals surface area contributed by atoms with E-state index >= 15 is 0 Å². The molecule has 1 unspecified atom stereocenters. The number of aliphatic hydroxyl groups excluding tert-OH is 1. The number of Topliss-reactive ketones (excluding diaryl/α,β-unsaturated/α-hetero) is 1. The summed E-state index contributed by atoms with van der Waals surface area (Å²) < 4.78 is 10.8. The molecule has 3 aromatic carbocycles. The lowest BCUT2D eigenvalue weighted by atomic mass is 9.87. The predicted octanol–water partition coefficient (Wildman–Crippen LogP) is 6.28. The fraction of sp³-hybridized carbons (Fsp3) is 0.241. The summed E-state index contributed by atoms with van der Waals surface area (Å²) >= 11 is 6.16. The highest BCUT2D eigenvalue weighted by Crippen LogP contribution is 2.45. The first kappa shape index (κ1) is 25.3. The average Bonchev–Trinajstić information content (AvgIpc) is 3.13. The Balaban J connectivity index is 1.95. The van der Waals surface area contributed by atoms with Gasteiger partial charge in [0.2, 0.25) is 0 Å². The Hall–Kier alpha value is -3.77. The Morgan fingerprint density at radius 1 is 0.917 bits per heavy atom. The molecular weight excluding hydrogens is 478 g/mol. The smallest absolute Gasteiger partial charge is 0.300 e. The van der Waals surface area contributed by atoms with Crippen LogP contribution in [-0.4, -0.2) is 31.0 Å². The summed E-state index contributed by atoms with van der Waals surface area (Å²) in [6.07, 6.45) is 0. The number of halogens is 1. The molecule has 0 spiro atoms. The van der Waals surface area contributed by atoms with Gasteiger partial charge in [0.15, 0.2) is 0 Å². The number of ether oxygens (including phenoxy) is 2. The van der Waals surface area contributed by atoms with Crippen LogP contribution in [0.5, 0.6) is 11.5 Å². The number of carbonyl (C=O) groups is 2. The van der Waals surface area contributed by atoms with E-state index in [1.807, 2.05) is 24.3 Å². The highest BCUT2D eigenvalue weighted by molar-refractivity contribution is 6.51. The minimum Gasteiger partial charge on any atom is -0.507 e. The van der Waals surface area contributed by atoms with E-state index in [1.165, 1.54) is 25.2 Å². The normalized spacial score (nSPS) is 17.4. The monoisotopic (exact) mass is 505 g/mol. The standard InChI is InChI=1S/C29H28ClNO5/c1-29(2,3)18-11-13-19(14-12-18)31-25(20-8-6-7-9-22(20)35-4)24(27(33)28(31)34)26(32)17-10-15-21(30)23(16-17)36-5/h6-16,25,32H,1-5H3/b26-24+. The Labute approximate surface area is 215 Å². The van der Waals surface area contributed by atoms with Crippen LogP contribution >= 0.6 is 11.6 Å². The molecule has 36 heavy (non-hydrogen) atoms. The van der Waals surface area contributed by atoms with Crippen LogP contribution in [0.4, 0.5) is 5.69 Å². The number of para-hydroxylation sites is 1. The van der Waals surface area contributed by atoms with Gasteiger partial charge in [-0.2, -0.15) is 0 Å². The lowest BCUT2D eigenvalue weighted by molar-refractivity contribution is -0.132. The third-order valence-corrected chi connectivity index (χ3v) is 6.63. The molecule has 0 bridgehead atoms. The van der Waals surface area contributed by atoms with Gasteiger partial charge in [-0.05, 0) is 47.4 Å². The van der Waals surface area contributed by atoms with Crippen molar-refractivity contribution < 1.29 is 24.2 Å². The van der Waals surface area contributed by atoms with Gasteiger partial charge in [0.05, 0.1) is 30.9 Å². The molecule has 0 aromatic heterocycles. The molecule has 0 saturated carbocycles. The first-order valence-corrected chi connectivity index (χ1v) is 11.8. The average molecular weight is 506 g/mol. The van der Waals surface area contributed by atoms with Crippen molar-refractivity contribution in [2.45, 2.75) is 32.2 Å². The van der Waals surface area contributed by atoms with Crippen molar-refractivity contribution in [1.82, 2.24) is 0 Å². The first-order chi connectivity index (χ1) is 17.1. The number of amides is 1. The molecule has 3 aromatic rings. The largest absolute Gasteiger partial charge is 0.507 e. The SMILES string of the molecule is COc1cc(/C(O)=C2\C(=O)C(=O)N(c3ccc(C(C)(C)C)cc3)C2c2ccccc2OC)ccc1Cl. The summed E-state index contributed by atoms with van der Waals surface area (Å²) in [4.78, 5) is 28.3. The number of carbonyl (C=O) groups excluding carboxylic acids is 2. The zero-order valence-corrected chi connectivity index (χ0v) is 21.6. The van der Waals surface area contributed by atoms with E-state index in [1.54, 1.807) is 36.4 Å². The maximum absolute atomic E-state index is 13.4. The summed E-state index contributed by atoms with van der Waals surface area (Å²) in [6, 6.07) is 18.4. The minimum atomic E-state index is -0.914. The number of aliphatic hydroxyl groups is 1. The summed E-state index contributed by atoms with van der Waals surface area (Å²) in [7, 11) is 2.98. The van der Waals surface area contributed by atoms with Crippen LogP contribution in [0.2, 0.25) is 5.02 Å². The molecule has 0 aliphatic carbocycles. The fourth-order valence-electron chi connectivity index (χ4n) is 4.37. The summed E-state index contributed by atoms with van der Waals surface area (Å²) in [5.74, 6) is -1.04. The third-order valence-electron chi connectivity index (χ3n) is 6.31. The van der Waals surface area contributed by atoms with Crippen molar-refractivity contribution in [3.63, 3.8) is 0 Å². The van der Waals surface area contributed by atoms with E-state index in [0.29, 0.717) is 33.3 Å². The van der Waals surface area contributed by atoms with E-state index in [0.717, 1.165) is 5.56 Å². The van der Waals surface area contributed by atoms with Crippen LogP contribution < -0.4 is 14.4 Å². The Morgan fingerprint density at radius 3 is 2.17 bits per heavy atom. The van der Waals surface area contributed by atoms with Crippen molar-refractivity contribution in [3.8, 4) is 11.5 Å². The lowest BCUT2D eigenvalue weighted by Gasteiger charge is -2.27. The second kappa shape index (κ2) is 9.70. The molecule has 1 heterocycles. The molecule has 1 fully saturated rings. The van der Waals surface area contributed by atoms with Gasteiger partial charge in [0, 0.05) is 16.8 Å². The highest BCUT2D eigenvalue weighted by atomic mass is 35.5. The quantitative estimate of drug-likeness (QED) is 0.251. The van der Waals surface area contributed by atoms with Crippen LogP contribution in [0.25, 0.3) is 5.76 Å². The van der Waals surface area contributed by atoms with Gasteiger partial charge in [0.1, 0.15) is 17.3 Å². The zero-order valence-electron chi connectivity index (χ0n) is 20.8. The van der Waals surface area contributed by atoms with Crippen molar-refractivity contribution in [2.24, 2.45) is 0 Å². The topological polar surface area (TPSA) is 76.1 Å². The summed E-state index contributed by atoms with van der Waals surface area (Å²) in [6.45, 7) is 6.30. The third kappa shape index (κ3) is 4.44. The number of hydrogen-bond acceptors (Lipinski definition) is 5. The van der Waals surface area contributed by atoms with Gasteiger partial charge in [0.25, 0.3) is 11.7 Å². The molecule has 1 aliphatic heterocycles. The lowest BCUT2D eigenvalue weighted by Crippen LogP contribution is -2.29. The molecule has 7 heteroatoms. The van der Waals surface area contributed by atoms with Gasteiger partial charge >= 0.3 is 0 Å². The number of methoxy groups -OCH3 is 2. The molecule has 1 atom stereocenters. The Morgan fingerprint density at radius 2 is 1.56 bits per heavy atom. The van der Waals surface area contributed by atoms with Crippen molar-refractivity contribution >= 4 is 34.7 Å². The first-order valence-electron chi connectivity index (χ1n) is 11.5. The van der Waals surface area contributed by atoms with Gasteiger partial charge < -0.3 is 14.6 Å². The van der Waals surface area contributed by atoms with Crippen molar-refractivity contribution in [3.05, 3.63) is 94.0 Å². The predicted molar refractivity (Wildman–Crippen MR) is 141 cm³/mol. The van der Waals surface area contributed by atoms with Gasteiger partial charge in [-0.1, -0.05) is 62.7 Å².